The minimum atomic E-state index is -0.332. The highest BCUT2D eigenvalue weighted by Gasteiger charge is 2.17. The van der Waals surface area contributed by atoms with E-state index < -0.39 is 0 Å². The van der Waals surface area contributed by atoms with Crippen molar-refractivity contribution in [1.82, 2.24) is 30.0 Å². The van der Waals surface area contributed by atoms with Crippen LogP contribution in [0.3, 0.4) is 0 Å². The van der Waals surface area contributed by atoms with Crippen LogP contribution in [-0.2, 0) is 4.79 Å². The number of hydrogen-bond acceptors (Lipinski definition) is 6. The van der Waals surface area contributed by atoms with Crippen molar-refractivity contribution in [3.05, 3.63) is 24.3 Å². The van der Waals surface area contributed by atoms with E-state index in [-0.39, 0.29) is 12.0 Å². The first-order chi connectivity index (χ1) is 8.22. The van der Waals surface area contributed by atoms with Crippen molar-refractivity contribution >= 4 is 12.4 Å². The predicted octanol–water partition coefficient (Wildman–Crippen LogP) is -0.553. The maximum atomic E-state index is 10.4. The monoisotopic (exact) mass is 233 g/mol. The Morgan fingerprint density at radius 3 is 2.82 bits per heavy atom. The molecule has 1 atom stereocenters. The summed E-state index contributed by atoms with van der Waals surface area (Å²) >= 11 is 0. The van der Waals surface area contributed by atoms with E-state index in [0.717, 1.165) is 0 Å². The molecule has 17 heavy (non-hydrogen) atoms. The van der Waals surface area contributed by atoms with Gasteiger partial charge in [-0.1, -0.05) is 0 Å². The molecule has 88 valence electrons. The van der Waals surface area contributed by atoms with Gasteiger partial charge in [0.15, 0.2) is 5.82 Å². The fraction of sp³-hybridized carbons (Fsp3) is 0.222. The van der Waals surface area contributed by atoms with Crippen molar-refractivity contribution in [2.24, 2.45) is 0 Å². The van der Waals surface area contributed by atoms with E-state index in [1.54, 1.807) is 25.4 Å². The fourth-order valence-electron chi connectivity index (χ4n) is 1.35. The van der Waals surface area contributed by atoms with Gasteiger partial charge in [-0.2, -0.15) is 9.67 Å². The Kier molecular flexibility index (Phi) is 2.95. The van der Waals surface area contributed by atoms with Gasteiger partial charge in [0.2, 0.25) is 12.4 Å². The minimum absolute atomic E-state index is 0.104. The summed E-state index contributed by atoms with van der Waals surface area (Å²) in [4.78, 5) is 22.5. The number of anilines is 1. The number of amides is 1. The summed E-state index contributed by atoms with van der Waals surface area (Å²) in [6, 6.07) is 1.36. The fourth-order valence-corrected chi connectivity index (χ4v) is 1.35. The van der Waals surface area contributed by atoms with Crippen LogP contribution >= 0.6 is 0 Å². The molecule has 0 unspecified atom stereocenters. The molecule has 2 heterocycles. The molecule has 2 aromatic rings. The summed E-state index contributed by atoms with van der Waals surface area (Å²) in [6.07, 6.45) is 3.76. The van der Waals surface area contributed by atoms with Crippen LogP contribution in [0.5, 0.6) is 0 Å². The molecule has 0 bridgehead atoms. The Balaban J connectivity index is 2.44. The zero-order valence-corrected chi connectivity index (χ0v) is 9.11. The lowest BCUT2D eigenvalue weighted by Gasteiger charge is -2.09. The highest BCUT2D eigenvalue weighted by molar-refractivity contribution is 5.47. The molecular weight excluding hydrogens is 222 g/mol. The number of rotatable bonds is 4. The van der Waals surface area contributed by atoms with Gasteiger partial charge >= 0.3 is 0 Å². The Bertz CT molecular complexity index is 509. The third-order valence-electron chi connectivity index (χ3n) is 2.10. The Hall–Kier alpha value is -2.51. The molecular formula is C9H11N7O. The molecule has 0 spiro atoms. The molecule has 1 amide bonds. The van der Waals surface area contributed by atoms with E-state index in [1.807, 2.05) is 0 Å². The van der Waals surface area contributed by atoms with Crippen molar-refractivity contribution in [1.29, 1.82) is 0 Å². The van der Waals surface area contributed by atoms with Crippen molar-refractivity contribution in [3.63, 3.8) is 0 Å². The lowest BCUT2D eigenvalue weighted by Crippen LogP contribution is -2.21. The van der Waals surface area contributed by atoms with Gasteiger partial charge in [0.1, 0.15) is 0 Å². The number of carbonyl (C=O) groups is 1. The number of carbonyl (C=O) groups excluding carboxylic acids is 1. The van der Waals surface area contributed by atoms with Crippen LogP contribution in [-0.4, -0.2) is 31.1 Å². The number of nitrogens with one attached hydrogen (secondary N) is 1. The molecule has 8 heteroatoms. The average molecular weight is 233 g/mol. The van der Waals surface area contributed by atoms with E-state index in [9.17, 15) is 4.79 Å². The first-order valence-electron chi connectivity index (χ1n) is 4.92. The molecule has 0 saturated heterocycles. The maximum absolute atomic E-state index is 10.4. The molecule has 0 fully saturated rings. The molecule has 2 rings (SSSR count). The van der Waals surface area contributed by atoms with E-state index >= 15 is 0 Å². The lowest BCUT2D eigenvalue weighted by atomic mass is 10.3. The molecule has 0 saturated carbocycles. The standard InChI is InChI=1S/C9H11N7O/c1-6(13-5-17)7-14-8(10)15-16(7)9-11-3-2-4-12-9/h2-6H,1H3,(H2,10,15)(H,13,17)/t6-/m0/s1. The Morgan fingerprint density at radius 1 is 1.47 bits per heavy atom. The van der Waals surface area contributed by atoms with Crippen molar-refractivity contribution in [2.45, 2.75) is 13.0 Å². The number of aromatic nitrogens is 5. The number of hydrogen-bond donors (Lipinski definition) is 2. The van der Waals surface area contributed by atoms with Gasteiger partial charge in [0.05, 0.1) is 6.04 Å². The Morgan fingerprint density at radius 2 is 2.18 bits per heavy atom. The van der Waals surface area contributed by atoms with Gasteiger partial charge in [-0.3, -0.25) is 4.79 Å². The van der Waals surface area contributed by atoms with Crippen molar-refractivity contribution < 1.29 is 4.79 Å². The average Bonchev–Trinajstić information content (AvgIpc) is 2.73. The molecule has 0 aliphatic heterocycles. The van der Waals surface area contributed by atoms with Crippen LogP contribution < -0.4 is 11.1 Å². The highest BCUT2D eigenvalue weighted by atomic mass is 16.1. The highest BCUT2D eigenvalue weighted by Crippen LogP contribution is 2.13. The zero-order chi connectivity index (χ0) is 12.3. The molecule has 0 radical (unpaired) electrons. The lowest BCUT2D eigenvalue weighted by molar-refractivity contribution is -0.110. The van der Waals surface area contributed by atoms with Crippen LogP contribution in [0.2, 0.25) is 0 Å². The number of nitrogen functional groups attached to an aromatic ring is 1. The van der Waals surface area contributed by atoms with Gasteiger partial charge in [-0.05, 0) is 13.0 Å². The SMILES string of the molecule is C[C@H](NC=O)c1nc(N)nn1-c1ncccn1. The molecule has 0 aliphatic rings. The molecule has 0 aliphatic carbocycles. The van der Waals surface area contributed by atoms with Gasteiger partial charge in [-0.25, -0.2) is 9.97 Å². The predicted molar refractivity (Wildman–Crippen MR) is 59.0 cm³/mol. The smallest absolute Gasteiger partial charge is 0.252 e. The second-order valence-electron chi connectivity index (χ2n) is 3.30. The second kappa shape index (κ2) is 4.56. The summed E-state index contributed by atoms with van der Waals surface area (Å²) in [6.45, 7) is 1.76. The van der Waals surface area contributed by atoms with Crippen molar-refractivity contribution in [3.8, 4) is 5.95 Å². The van der Waals surface area contributed by atoms with E-state index in [1.165, 1.54) is 4.68 Å². The maximum Gasteiger partial charge on any atom is 0.252 e. The van der Waals surface area contributed by atoms with E-state index in [0.29, 0.717) is 18.2 Å². The number of nitrogens with two attached hydrogens (primary N) is 1. The molecule has 0 aromatic carbocycles. The second-order valence-corrected chi connectivity index (χ2v) is 3.30. The molecule has 3 N–H and O–H groups in total. The Labute approximate surface area is 96.9 Å². The zero-order valence-electron chi connectivity index (χ0n) is 9.11. The van der Waals surface area contributed by atoms with E-state index in [4.69, 9.17) is 5.73 Å². The van der Waals surface area contributed by atoms with Gasteiger partial charge in [0, 0.05) is 12.4 Å². The first kappa shape index (κ1) is 11.0. The van der Waals surface area contributed by atoms with Gasteiger partial charge < -0.3 is 11.1 Å². The summed E-state index contributed by atoms with van der Waals surface area (Å²) in [5, 5.41) is 6.56. The van der Waals surface area contributed by atoms with Crippen LogP contribution in [0.25, 0.3) is 5.95 Å². The van der Waals surface area contributed by atoms with Crippen LogP contribution in [0.1, 0.15) is 18.8 Å². The van der Waals surface area contributed by atoms with E-state index in [2.05, 4.69) is 25.4 Å². The summed E-state index contributed by atoms with van der Waals surface area (Å²) in [7, 11) is 0. The third kappa shape index (κ3) is 2.19. The topological polar surface area (TPSA) is 112 Å². The van der Waals surface area contributed by atoms with Crippen LogP contribution in [0.15, 0.2) is 18.5 Å². The third-order valence-corrected chi connectivity index (χ3v) is 2.10. The minimum Gasteiger partial charge on any atom is -0.366 e. The van der Waals surface area contributed by atoms with Gasteiger partial charge in [0.25, 0.3) is 5.95 Å². The summed E-state index contributed by atoms with van der Waals surface area (Å²) in [5.41, 5.74) is 5.54. The summed E-state index contributed by atoms with van der Waals surface area (Å²) in [5.74, 6) is 0.930. The largest absolute Gasteiger partial charge is 0.366 e. The first-order valence-corrected chi connectivity index (χ1v) is 4.92. The molecule has 2 aromatic heterocycles. The number of nitrogens with zero attached hydrogens (tertiary/aromatic N) is 5. The summed E-state index contributed by atoms with van der Waals surface area (Å²) < 4.78 is 1.40. The van der Waals surface area contributed by atoms with Crippen LogP contribution in [0, 0.1) is 0 Å². The van der Waals surface area contributed by atoms with Crippen molar-refractivity contribution in [2.75, 3.05) is 5.73 Å². The normalized spacial score (nSPS) is 12.1. The van der Waals surface area contributed by atoms with Gasteiger partial charge in [-0.15, -0.1) is 5.10 Å². The molecule has 8 nitrogen and oxygen atoms in total. The quantitative estimate of drug-likeness (QED) is 0.685. The van der Waals surface area contributed by atoms with Crippen LogP contribution in [0.4, 0.5) is 5.95 Å².